The van der Waals surface area contributed by atoms with Crippen LogP contribution in [0.1, 0.15) is 26.7 Å². The van der Waals surface area contributed by atoms with Gasteiger partial charge in [-0.2, -0.15) is 5.26 Å². The summed E-state index contributed by atoms with van der Waals surface area (Å²) in [6, 6.07) is 5.89. The molecule has 1 aromatic rings. The van der Waals surface area contributed by atoms with Gasteiger partial charge in [0, 0.05) is 5.02 Å². The quantitative estimate of drug-likeness (QED) is 0.904. The third-order valence-electron chi connectivity index (χ3n) is 3.03. The number of nitrogens with zero attached hydrogens (tertiary/aromatic N) is 1. The van der Waals surface area contributed by atoms with Crippen molar-refractivity contribution in [2.75, 3.05) is 5.32 Å². The smallest absolute Gasteiger partial charge is 0.244 e. The van der Waals surface area contributed by atoms with Crippen molar-refractivity contribution in [3.8, 4) is 6.07 Å². The van der Waals surface area contributed by atoms with E-state index in [4.69, 9.17) is 16.9 Å². The Labute approximate surface area is 111 Å². The van der Waals surface area contributed by atoms with Crippen molar-refractivity contribution in [3.05, 3.63) is 29.0 Å². The SMILES string of the molecule is CCC(C#N)(CC)C(=O)Nc1cc(Cl)ccc1F. The number of nitrogens with one attached hydrogen (secondary N) is 1. The fourth-order valence-corrected chi connectivity index (χ4v) is 1.79. The molecule has 0 saturated heterocycles. The molecular formula is C13H14ClFN2O. The van der Waals surface area contributed by atoms with E-state index in [2.05, 4.69) is 5.32 Å². The molecule has 1 rings (SSSR count). The molecule has 0 bridgehead atoms. The number of carbonyl (C=O) groups is 1. The monoisotopic (exact) mass is 268 g/mol. The van der Waals surface area contributed by atoms with E-state index in [-0.39, 0.29) is 5.69 Å². The van der Waals surface area contributed by atoms with E-state index in [1.165, 1.54) is 18.2 Å². The average molecular weight is 269 g/mol. The number of hydrogen-bond donors (Lipinski definition) is 1. The minimum absolute atomic E-state index is 0.00553. The van der Waals surface area contributed by atoms with Crippen LogP contribution < -0.4 is 5.32 Å². The van der Waals surface area contributed by atoms with Gasteiger partial charge in [-0.25, -0.2) is 4.39 Å². The summed E-state index contributed by atoms with van der Waals surface area (Å²) in [6.45, 7) is 3.50. The van der Waals surface area contributed by atoms with Crippen LogP contribution in [0, 0.1) is 22.6 Å². The van der Waals surface area contributed by atoms with Crippen molar-refractivity contribution in [2.45, 2.75) is 26.7 Å². The second-order valence-electron chi connectivity index (χ2n) is 3.98. The number of benzene rings is 1. The standard InChI is InChI=1S/C13H14ClFN2O/c1-3-13(4-2,8-16)12(18)17-11-7-9(14)5-6-10(11)15/h5-7H,3-4H2,1-2H3,(H,17,18). The van der Waals surface area contributed by atoms with Gasteiger partial charge in [-0.15, -0.1) is 0 Å². The Morgan fingerprint density at radius 3 is 2.61 bits per heavy atom. The number of rotatable bonds is 4. The Bertz CT molecular complexity index is 492. The van der Waals surface area contributed by atoms with Crippen molar-refractivity contribution in [2.24, 2.45) is 5.41 Å². The van der Waals surface area contributed by atoms with Crippen LogP contribution in [-0.4, -0.2) is 5.91 Å². The molecule has 96 valence electrons. The van der Waals surface area contributed by atoms with Gasteiger partial charge < -0.3 is 5.32 Å². The first-order chi connectivity index (χ1) is 8.49. The summed E-state index contributed by atoms with van der Waals surface area (Å²) in [4.78, 5) is 12.0. The van der Waals surface area contributed by atoms with Crippen molar-refractivity contribution in [1.29, 1.82) is 5.26 Å². The number of halogens is 2. The largest absolute Gasteiger partial charge is 0.322 e. The van der Waals surface area contributed by atoms with Crippen LogP contribution >= 0.6 is 11.6 Å². The molecule has 0 spiro atoms. The second kappa shape index (κ2) is 5.83. The summed E-state index contributed by atoms with van der Waals surface area (Å²) in [6.07, 6.45) is 0.738. The van der Waals surface area contributed by atoms with Crippen molar-refractivity contribution in [1.82, 2.24) is 0 Å². The lowest BCUT2D eigenvalue weighted by molar-refractivity contribution is -0.123. The van der Waals surface area contributed by atoms with E-state index in [1.54, 1.807) is 13.8 Å². The van der Waals surface area contributed by atoms with Gasteiger partial charge >= 0.3 is 0 Å². The molecule has 0 atom stereocenters. The lowest BCUT2D eigenvalue weighted by Gasteiger charge is -2.22. The predicted octanol–water partition coefficient (Wildman–Crippen LogP) is 3.75. The Morgan fingerprint density at radius 1 is 1.50 bits per heavy atom. The highest BCUT2D eigenvalue weighted by atomic mass is 35.5. The zero-order chi connectivity index (χ0) is 13.8. The zero-order valence-electron chi connectivity index (χ0n) is 10.3. The number of anilines is 1. The molecule has 0 saturated carbocycles. The van der Waals surface area contributed by atoms with E-state index < -0.39 is 17.1 Å². The molecule has 0 fully saturated rings. The van der Waals surface area contributed by atoms with Gasteiger partial charge in [0.15, 0.2) is 0 Å². The van der Waals surface area contributed by atoms with Gasteiger partial charge in [0.05, 0.1) is 11.8 Å². The number of amides is 1. The Kier molecular flexibility index (Phi) is 4.69. The summed E-state index contributed by atoms with van der Waals surface area (Å²) < 4.78 is 13.5. The van der Waals surface area contributed by atoms with Gasteiger partial charge in [-0.3, -0.25) is 4.79 Å². The van der Waals surface area contributed by atoms with Crippen LogP contribution in [0.25, 0.3) is 0 Å². The second-order valence-corrected chi connectivity index (χ2v) is 4.42. The minimum Gasteiger partial charge on any atom is -0.322 e. The number of hydrogen-bond acceptors (Lipinski definition) is 2. The molecule has 0 aromatic heterocycles. The first-order valence-corrected chi connectivity index (χ1v) is 6.04. The van der Waals surface area contributed by atoms with Gasteiger partial charge in [0.1, 0.15) is 11.2 Å². The molecule has 0 unspecified atom stereocenters. The average Bonchev–Trinajstić information content (AvgIpc) is 2.37. The van der Waals surface area contributed by atoms with Crippen LogP contribution in [0.5, 0.6) is 0 Å². The third kappa shape index (κ3) is 2.80. The normalized spacial score (nSPS) is 10.8. The topological polar surface area (TPSA) is 52.9 Å². The van der Waals surface area contributed by atoms with Crippen LogP contribution in [0.3, 0.4) is 0 Å². The van der Waals surface area contributed by atoms with Gasteiger partial charge in [0.2, 0.25) is 5.91 Å². The molecule has 0 radical (unpaired) electrons. The van der Waals surface area contributed by atoms with Crippen molar-refractivity contribution in [3.63, 3.8) is 0 Å². The maximum Gasteiger partial charge on any atom is 0.244 e. The summed E-state index contributed by atoms with van der Waals surface area (Å²) >= 11 is 5.73. The van der Waals surface area contributed by atoms with Crippen LogP contribution in [0.15, 0.2) is 18.2 Å². The summed E-state index contributed by atoms with van der Waals surface area (Å²) in [5, 5.41) is 11.9. The maximum absolute atomic E-state index is 13.5. The molecule has 0 heterocycles. The highest BCUT2D eigenvalue weighted by molar-refractivity contribution is 6.30. The Balaban J connectivity index is 3.01. The Morgan fingerprint density at radius 2 is 2.11 bits per heavy atom. The van der Waals surface area contributed by atoms with Gasteiger partial charge in [0.25, 0.3) is 0 Å². The number of nitriles is 1. The highest BCUT2D eigenvalue weighted by Crippen LogP contribution is 2.28. The summed E-state index contributed by atoms with van der Waals surface area (Å²) in [5.74, 6) is -1.08. The van der Waals surface area contributed by atoms with Crippen LogP contribution in [0.2, 0.25) is 5.02 Å². The molecule has 0 aliphatic heterocycles. The van der Waals surface area contributed by atoms with E-state index >= 15 is 0 Å². The fourth-order valence-electron chi connectivity index (χ4n) is 1.62. The predicted molar refractivity (Wildman–Crippen MR) is 68.7 cm³/mol. The molecule has 0 aliphatic carbocycles. The zero-order valence-corrected chi connectivity index (χ0v) is 11.0. The summed E-state index contributed by atoms with van der Waals surface area (Å²) in [7, 11) is 0. The highest BCUT2D eigenvalue weighted by Gasteiger charge is 2.35. The van der Waals surface area contributed by atoms with Gasteiger partial charge in [-0.1, -0.05) is 25.4 Å². The van der Waals surface area contributed by atoms with E-state index in [0.29, 0.717) is 17.9 Å². The maximum atomic E-state index is 13.5. The van der Waals surface area contributed by atoms with Gasteiger partial charge in [-0.05, 0) is 31.0 Å². The van der Waals surface area contributed by atoms with E-state index in [1.807, 2.05) is 6.07 Å². The lowest BCUT2D eigenvalue weighted by atomic mass is 9.83. The first-order valence-electron chi connectivity index (χ1n) is 5.67. The van der Waals surface area contributed by atoms with Crippen molar-refractivity contribution < 1.29 is 9.18 Å². The molecule has 0 aliphatic rings. The van der Waals surface area contributed by atoms with Crippen LogP contribution in [-0.2, 0) is 4.79 Å². The molecule has 3 nitrogen and oxygen atoms in total. The van der Waals surface area contributed by atoms with Crippen LogP contribution in [0.4, 0.5) is 10.1 Å². The molecule has 5 heteroatoms. The molecule has 1 aromatic carbocycles. The Hall–Kier alpha value is -1.60. The van der Waals surface area contributed by atoms with Crippen molar-refractivity contribution >= 4 is 23.2 Å². The summed E-state index contributed by atoms with van der Waals surface area (Å²) in [5.41, 5.74) is -1.14. The third-order valence-corrected chi connectivity index (χ3v) is 3.27. The molecule has 1 amide bonds. The minimum atomic E-state index is -1.13. The van der Waals surface area contributed by atoms with E-state index in [0.717, 1.165) is 0 Å². The fraction of sp³-hybridized carbons (Fsp3) is 0.385. The number of carbonyl (C=O) groups excluding carboxylic acids is 1. The molecular weight excluding hydrogens is 255 g/mol. The molecule has 18 heavy (non-hydrogen) atoms. The first kappa shape index (κ1) is 14.5. The molecule has 1 N–H and O–H groups in total. The lowest BCUT2D eigenvalue weighted by Crippen LogP contribution is -2.34. The van der Waals surface area contributed by atoms with E-state index in [9.17, 15) is 9.18 Å².